The van der Waals surface area contributed by atoms with Crippen LogP contribution in [0, 0.1) is 0 Å². The smallest absolute Gasteiger partial charge is 0.306 e. The molecule has 0 aliphatic heterocycles. The van der Waals surface area contributed by atoms with Gasteiger partial charge in [-0.15, -0.1) is 0 Å². The molecule has 0 saturated carbocycles. The molecule has 6 heteroatoms. The molecule has 67 heavy (non-hydrogen) atoms. The molecule has 0 bridgehead atoms. The SMILES string of the molecule is CC/C=C\C/C=C\C/C=C\C/C=C\C/C=C\C/C=C\C/C=C\CCCCCCCCCC(=O)OCC(COC(=O)CCCCCCCCC)OC(=O)CCCCC/C=C\C/C=C\C/C=C\CC. The van der Waals surface area contributed by atoms with E-state index >= 15 is 0 Å². The number of rotatable bonds is 47. The summed E-state index contributed by atoms with van der Waals surface area (Å²) < 4.78 is 16.7. The van der Waals surface area contributed by atoms with Gasteiger partial charge < -0.3 is 14.2 Å². The van der Waals surface area contributed by atoms with Gasteiger partial charge in [-0.2, -0.15) is 0 Å². The van der Waals surface area contributed by atoms with Crippen molar-refractivity contribution in [1.29, 1.82) is 0 Å². The maximum absolute atomic E-state index is 12.7. The maximum atomic E-state index is 12.7. The van der Waals surface area contributed by atoms with Crippen molar-refractivity contribution in [2.45, 2.75) is 232 Å². The molecule has 1 atom stereocenters. The number of carbonyl (C=O) groups excluding carboxylic acids is 3. The van der Waals surface area contributed by atoms with E-state index in [0.29, 0.717) is 12.8 Å². The summed E-state index contributed by atoms with van der Waals surface area (Å²) in [5.74, 6) is -0.951. The Bertz CT molecular complexity index is 1440. The second kappa shape index (κ2) is 54.4. The van der Waals surface area contributed by atoms with Crippen molar-refractivity contribution < 1.29 is 28.6 Å². The summed E-state index contributed by atoms with van der Waals surface area (Å²) in [5.41, 5.74) is 0. The summed E-state index contributed by atoms with van der Waals surface area (Å²) >= 11 is 0. The van der Waals surface area contributed by atoms with Gasteiger partial charge in [0.2, 0.25) is 0 Å². The first-order chi connectivity index (χ1) is 33.0. The predicted octanol–water partition coefficient (Wildman–Crippen LogP) is 18.1. The molecule has 0 radical (unpaired) electrons. The van der Waals surface area contributed by atoms with Crippen LogP contribution in [0.3, 0.4) is 0 Å². The third-order valence-electron chi connectivity index (χ3n) is 11.0. The van der Waals surface area contributed by atoms with Crippen molar-refractivity contribution in [3.63, 3.8) is 0 Å². The zero-order valence-corrected chi connectivity index (χ0v) is 43.1. The van der Waals surface area contributed by atoms with Gasteiger partial charge in [0.05, 0.1) is 0 Å². The van der Waals surface area contributed by atoms with Gasteiger partial charge in [0.15, 0.2) is 6.10 Å². The number of unbranched alkanes of at least 4 members (excludes halogenated alkanes) is 16. The van der Waals surface area contributed by atoms with Gasteiger partial charge in [0.25, 0.3) is 0 Å². The fourth-order valence-electron chi connectivity index (χ4n) is 6.96. The van der Waals surface area contributed by atoms with Crippen molar-refractivity contribution in [3.05, 3.63) is 122 Å². The Kier molecular flexibility index (Phi) is 51.0. The van der Waals surface area contributed by atoms with Crippen LogP contribution >= 0.6 is 0 Å². The molecule has 0 saturated heterocycles. The Morgan fingerprint density at radius 2 is 0.582 bits per heavy atom. The Hall–Kier alpha value is -4.19. The molecule has 0 aromatic carbocycles. The second-order valence-corrected chi connectivity index (χ2v) is 17.4. The van der Waals surface area contributed by atoms with Crippen LogP contribution in [0.5, 0.6) is 0 Å². The van der Waals surface area contributed by atoms with E-state index in [1.54, 1.807) is 0 Å². The quantitative estimate of drug-likeness (QED) is 0.0262. The van der Waals surface area contributed by atoms with E-state index in [4.69, 9.17) is 14.2 Å². The van der Waals surface area contributed by atoms with E-state index in [2.05, 4.69) is 142 Å². The van der Waals surface area contributed by atoms with Gasteiger partial charge >= 0.3 is 17.9 Å². The molecule has 0 amide bonds. The largest absolute Gasteiger partial charge is 0.462 e. The van der Waals surface area contributed by atoms with Gasteiger partial charge in [-0.25, -0.2) is 0 Å². The molecule has 0 aromatic rings. The molecule has 0 fully saturated rings. The van der Waals surface area contributed by atoms with Crippen LogP contribution < -0.4 is 0 Å². The second-order valence-electron chi connectivity index (χ2n) is 17.4. The van der Waals surface area contributed by atoms with Crippen LogP contribution in [-0.2, 0) is 28.6 Å². The number of carbonyl (C=O) groups is 3. The zero-order chi connectivity index (χ0) is 48.6. The number of ether oxygens (including phenoxy) is 3. The fraction of sp³-hybridized carbons (Fsp3) is 0.623. The van der Waals surface area contributed by atoms with Gasteiger partial charge in [-0.1, -0.05) is 219 Å². The summed E-state index contributed by atoms with van der Waals surface area (Å²) in [7, 11) is 0. The molecule has 0 heterocycles. The summed E-state index contributed by atoms with van der Waals surface area (Å²) in [5, 5.41) is 0. The van der Waals surface area contributed by atoms with Crippen LogP contribution in [-0.4, -0.2) is 37.2 Å². The number of esters is 3. The number of allylic oxidation sites excluding steroid dienone is 20. The monoisotopic (exact) mass is 927 g/mol. The van der Waals surface area contributed by atoms with Crippen molar-refractivity contribution in [2.75, 3.05) is 13.2 Å². The number of hydrogen-bond acceptors (Lipinski definition) is 6. The molecule has 0 aliphatic rings. The lowest BCUT2D eigenvalue weighted by atomic mass is 10.1. The third-order valence-corrected chi connectivity index (χ3v) is 11.0. The van der Waals surface area contributed by atoms with Gasteiger partial charge in [-0.05, 0) is 109 Å². The van der Waals surface area contributed by atoms with Crippen LogP contribution in [0.25, 0.3) is 0 Å². The van der Waals surface area contributed by atoms with E-state index in [9.17, 15) is 14.4 Å². The summed E-state index contributed by atoms with van der Waals surface area (Å²) in [4.78, 5) is 37.8. The maximum Gasteiger partial charge on any atom is 0.306 e. The van der Waals surface area contributed by atoms with E-state index in [1.165, 1.54) is 51.4 Å². The molecule has 378 valence electrons. The first kappa shape index (κ1) is 62.8. The van der Waals surface area contributed by atoms with Crippen molar-refractivity contribution in [3.8, 4) is 0 Å². The first-order valence-corrected chi connectivity index (χ1v) is 27.0. The highest BCUT2D eigenvalue weighted by molar-refractivity contribution is 5.71. The minimum absolute atomic E-state index is 0.0955. The molecule has 6 nitrogen and oxygen atoms in total. The van der Waals surface area contributed by atoms with Crippen LogP contribution in [0.1, 0.15) is 226 Å². The standard InChI is InChI=1S/C61H98O6/c1-4-7-10-13-16-18-20-22-23-24-25-26-27-28-29-30-31-32-33-34-35-36-37-39-40-42-45-48-51-54-60(63)66-57-58(56-65-59(62)53-50-47-44-15-12-9-6-3)67-61(64)55-52-49-46-43-41-38-21-19-17-14-11-8-5-2/h7-8,10-11,16-19,22-23,25-26,28-29,31-32,34-35,38,41,58H,4-6,9,12-15,20-21,24,27,30,33,36-37,39-40,42-57H2,1-3H3/b10-7-,11-8-,18-16-,19-17-,23-22-,26-25-,29-28-,32-31-,35-34-,41-38-. The lowest BCUT2D eigenvalue weighted by molar-refractivity contribution is -0.167. The van der Waals surface area contributed by atoms with Crippen LogP contribution in [0.4, 0.5) is 0 Å². The van der Waals surface area contributed by atoms with Crippen molar-refractivity contribution in [1.82, 2.24) is 0 Å². The highest BCUT2D eigenvalue weighted by Crippen LogP contribution is 2.13. The Balaban J connectivity index is 4.21. The summed E-state index contributed by atoms with van der Waals surface area (Å²) in [6.45, 7) is 6.31. The highest BCUT2D eigenvalue weighted by atomic mass is 16.6. The predicted molar refractivity (Wildman–Crippen MR) is 288 cm³/mol. The fourth-order valence-corrected chi connectivity index (χ4v) is 6.96. The first-order valence-electron chi connectivity index (χ1n) is 27.0. The van der Waals surface area contributed by atoms with Gasteiger partial charge in [0, 0.05) is 19.3 Å². The molecular weight excluding hydrogens is 829 g/mol. The molecule has 0 aliphatic carbocycles. The Labute approximate surface area is 412 Å². The lowest BCUT2D eigenvalue weighted by Crippen LogP contribution is -2.30. The molecule has 0 rings (SSSR count). The van der Waals surface area contributed by atoms with E-state index < -0.39 is 6.10 Å². The Morgan fingerprint density at radius 3 is 0.925 bits per heavy atom. The highest BCUT2D eigenvalue weighted by Gasteiger charge is 2.19. The topological polar surface area (TPSA) is 78.9 Å². The minimum atomic E-state index is -0.797. The van der Waals surface area contributed by atoms with Gasteiger partial charge in [0.1, 0.15) is 13.2 Å². The normalized spacial score (nSPS) is 13.1. The number of hydrogen-bond donors (Lipinski definition) is 0. The summed E-state index contributed by atoms with van der Waals surface area (Å²) in [6, 6.07) is 0. The molecule has 0 aromatic heterocycles. The molecular formula is C61H98O6. The lowest BCUT2D eigenvalue weighted by Gasteiger charge is -2.18. The average Bonchev–Trinajstić information content (AvgIpc) is 3.33. The zero-order valence-electron chi connectivity index (χ0n) is 43.1. The van der Waals surface area contributed by atoms with Gasteiger partial charge in [-0.3, -0.25) is 14.4 Å². The Morgan fingerprint density at radius 1 is 0.313 bits per heavy atom. The van der Waals surface area contributed by atoms with E-state index in [0.717, 1.165) is 135 Å². The molecule has 1 unspecified atom stereocenters. The molecule has 0 N–H and O–H groups in total. The van der Waals surface area contributed by atoms with E-state index in [1.807, 2.05) is 0 Å². The third kappa shape index (κ3) is 52.6. The summed E-state index contributed by atoms with van der Waals surface area (Å²) in [6.07, 6.45) is 75.0. The van der Waals surface area contributed by atoms with Crippen molar-refractivity contribution >= 4 is 17.9 Å². The molecule has 0 spiro atoms. The van der Waals surface area contributed by atoms with Crippen LogP contribution in [0.15, 0.2) is 122 Å². The average molecular weight is 927 g/mol. The minimum Gasteiger partial charge on any atom is -0.462 e. The van der Waals surface area contributed by atoms with E-state index in [-0.39, 0.29) is 37.5 Å². The van der Waals surface area contributed by atoms with Crippen LogP contribution in [0.2, 0.25) is 0 Å². The van der Waals surface area contributed by atoms with Crippen molar-refractivity contribution in [2.24, 2.45) is 0 Å².